The molecule has 1 aromatic heterocycles. The molecule has 2 rings (SSSR count). The van der Waals surface area contributed by atoms with Crippen LogP contribution in [-0.4, -0.2) is 21.8 Å². The normalized spacial score (nSPS) is 14.4. The Morgan fingerprint density at radius 2 is 1.71 bits per heavy atom. The standard InChI is InChI=1S/C24H32O3S/c1-7-23(6,27)13-12-18-10-11-19(14-16(18)4)24(8-2,9-3)20-15-17(5)21(28-20)22(25)26/h10-15,27H,7-9H2,1-6H3,(H,25,26)/b13-12+. The van der Waals surface area contributed by atoms with Gasteiger partial charge in [-0.05, 0) is 68.4 Å². The highest BCUT2D eigenvalue weighted by Gasteiger charge is 2.34. The van der Waals surface area contributed by atoms with Gasteiger partial charge in [-0.25, -0.2) is 4.79 Å². The molecule has 0 aliphatic heterocycles. The van der Waals surface area contributed by atoms with Crippen LogP contribution < -0.4 is 0 Å². The molecular weight excluding hydrogens is 368 g/mol. The number of hydrogen-bond acceptors (Lipinski definition) is 3. The van der Waals surface area contributed by atoms with Crippen LogP contribution in [0.4, 0.5) is 0 Å². The van der Waals surface area contributed by atoms with Gasteiger partial charge in [0.05, 0.1) is 5.60 Å². The van der Waals surface area contributed by atoms with Gasteiger partial charge in [0.2, 0.25) is 0 Å². The number of carboxylic acid groups (broad SMARTS) is 1. The van der Waals surface area contributed by atoms with Gasteiger partial charge in [-0.15, -0.1) is 11.3 Å². The van der Waals surface area contributed by atoms with Crippen LogP contribution in [0.3, 0.4) is 0 Å². The lowest BCUT2D eigenvalue weighted by atomic mass is 9.74. The number of thiophene rings is 1. The summed E-state index contributed by atoms with van der Waals surface area (Å²) in [5.41, 5.74) is 3.30. The highest BCUT2D eigenvalue weighted by atomic mass is 32.1. The zero-order valence-electron chi connectivity index (χ0n) is 17.8. The third-order valence-corrected chi connectivity index (χ3v) is 7.38. The quantitative estimate of drug-likeness (QED) is 0.543. The molecule has 0 spiro atoms. The Morgan fingerprint density at radius 3 is 2.18 bits per heavy atom. The fraction of sp³-hybridized carbons (Fsp3) is 0.458. The Morgan fingerprint density at radius 1 is 1.07 bits per heavy atom. The molecule has 2 aromatic rings. The molecule has 0 amide bonds. The van der Waals surface area contributed by atoms with E-state index < -0.39 is 11.6 Å². The lowest BCUT2D eigenvalue weighted by molar-refractivity contribution is 0.0701. The van der Waals surface area contributed by atoms with E-state index in [0.717, 1.165) is 34.4 Å². The molecule has 152 valence electrons. The molecular formula is C24H32O3S. The van der Waals surface area contributed by atoms with Crippen LogP contribution in [0.5, 0.6) is 0 Å². The van der Waals surface area contributed by atoms with Crippen molar-refractivity contribution in [1.29, 1.82) is 0 Å². The summed E-state index contributed by atoms with van der Waals surface area (Å²) in [5, 5.41) is 19.7. The highest BCUT2D eigenvalue weighted by molar-refractivity contribution is 7.14. The van der Waals surface area contributed by atoms with Crippen molar-refractivity contribution in [2.45, 2.75) is 71.8 Å². The van der Waals surface area contributed by atoms with Gasteiger partial charge in [-0.1, -0.05) is 51.1 Å². The van der Waals surface area contributed by atoms with Crippen molar-refractivity contribution in [2.24, 2.45) is 0 Å². The van der Waals surface area contributed by atoms with Gasteiger partial charge in [0.15, 0.2) is 0 Å². The van der Waals surface area contributed by atoms with Crippen molar-refractivity contribution in [3.05, 3.63) is 62.3 Å². The van der Waals surface area contributed by atoms with E-state index in [-0.39, 0.29) is 5.41 Å². The summed E-state index contributed by atoms with van der Waals surface area (Å²) in [6.07, 6.45) is 6.31. The zero-order valence-corrected chi connectivity index (χ0v) is 18.6. The highest BCUT2D eigenvalue weighted by Crippen LogP contribution is 2.43. The molecule has 3 nitrogen and oxygen atoms in total. The fourth-order valence-corrected chi connectivity index (χ4v) is 4.99. The molecule has 28 heavy (non-hydrogen) atoms. The third-order valence-electron chi connectivity index (χ3n) is 5.95. The van der Waals surface area contributed by atoms with Crippen LogP contribution in [-0.2, 0) is 5.41 Å². The van der Waals surface area contributed by atoms with E-state index >= 15 is 0 Å². The molecule has 0 fully saturated rings. The molecule has 1 heterocycles. The van der Waals surface area contributed by atoms with Crippen LogP contribution in [0, 0.1) is 13.8 Å². The summed E-state index contributed by atoms with van der Waals surface area (Å²) in [7, 11) is 0. The van der Waals surface area contributed by atoms with Crippen LogP contribution in [0.25, 0.3) is 6.08 Å². The number of hydrogen-bond donors (Lipinski definition) is 2. The molecule has 2 N–H and O–H groups in total. The Labute approximate surface area is 172 Å². The first-order valence-corrected chi connectivity index (χ1v) is 10.8. The SMILES string of the molecule is CCC(C)(O)/C=C/c1ccc(C(CC)(CC)c2cc(C)c(C(=O)O)s2)cc1C. The summed E-state index contributed by atoms with van der Waals surface area (Å²) in [4.78, 5) is 13.1. The van der Waals surface area contributed by atoms with E-state index in [4.69, 9.17) is 0 Å². The second-order valence-corrected chi connectivity index (χ2v) is 8.88. The summed E-state index contributed by atoms with van der Waals surface area (Å²) in [5.74, 6) is -0.852. The van der Waals surface area contributed by atoms with Crippen molar-refractivity contribution < 1.29 is 15.0 Å². The second kappa shape index (κ2) is 8.62. The molecule has 1 atom stereocenters. The van der Waals surface area contributed by atoms with Crippen LogP contribution in [0.15, 0.2) is 30.3 Å². The van der Waals surface area contributed by atoms with E-state index in [1.807, 2.05) is 39.0 Å². The van der Waals surface area contributed by atoms with Gasteiger partial charge >= 0.3 is 5.97 Å². The number of aliphatic hydroxyl groups is 1. The second-order valence-electron chi connectivity index (χ2n) is 7.83. The fourth-order valence-electron chi connectivity index (χ4n) is 3.63. The number of carboxylic acids is 1. The van der Waals surface area contributed by atoms with E-state index in [2.05, 4.69) is 39.0 Å². The lowest BCUT2D eigenvalue weighted by Gasteiger charge is -2.32. The van der Waals surface area contributed by atoms with E-state index in [0.29, 0.717) is 11.3 Å². The first-order valence-electron chi connectivity index (χ1n) is 9.97. The molecule has 0 aliphatic carbocycles. The predicted molar refractivity (Wildman–Crippen MR) is 119 cm³/mol. The first-order chi connectivity index (χ1) is 13.1. The smallest absolute Gasteiger partial charge is 0.346 e. The van der Waals surface area contributed by atoms with Crippen LogP contribution in [0.2, 0.25) is 0 Å². The summed E-state index contributed by atoms with van der Waals surface area (Å²) < 4.78 is 0. The predicted octanol–water partition coefficient (Wildman–Crippen LogP) is 6.34. The maximum absolute atomic E-state index is 11.5. The Hall–Kier alpha value is -1.91. The molecule has 1 unspecified atom stereocenters. The zero-order chi connectivity index (χ0) is 21.1. The minimum Gasteiger partial charge on any atom is -0.477 e. The topological polar surface area (TPSA) is 57.5 Å². The molecule has 0 aliphatic rings. The van der Waals surface area contributed by atoms with Crippen LogP contribution in [0.1, 0.15) is 83.8 Å². The molecule has 0 saturated heterocycles. The average molecular weight is 401 g/mol. The Kier molecular flexibility index (Phi) is 6.89. The van der Waals surface area contributed by atoms with E-state index in [1.165, 1.54) is 16.9 Å². The van der Waals surface area contributed by atoms with Crippen molar-refractivity contribution in [1.82, 2.24) is 0 Å². The minimum atomic E-state index is -0.852. The maximum atomic E-state index is 11.5. The van der Waals surface area contributed by atoms with Gasteiger partial charge in [0, 0.05) is 10.3 Å². The minimum absolute atomic E-state index is 0.189. The number of benzene rings is 1. The van der Waals surface area contributed by atoms with Crippen molar-refractivity contribution in [2.75, 3.05) is 0 Å². The molecule has 0 saturated carbocycles. The summed E-state index contributed by atoms with van der Waals surface area (Å²) >= 11 is 1.40. The number of aryl methyl sites for hydroxylation is 2. The van der Waals surface area contributed by atoms with Gasteiger partial charge in [-0.3, -0.25) is 0 Å². The third kappa shape index (κ3) is 4.39. The van der Waals surface area contributed by atoms with Crippen molar-refractivity contribution in [3.63, 3.8) is 0 Å². The Balaban J connectivity index is 2.51. The Bertz CT molecular complexity index is 870. The van der Waals surface area contributed by atoms with Gasteiger partial charge < -0.3 is 10.2 Å². The maximum Gasteiger partial charge on any atom is 0.346 e. The number of rotatable bonds is 8. The number of aromatic carboxylic acids is 1. The van der Waals surface area contributed by atoms with Crippen molar-refractivity contribution >= 4 is 23.4 Å². The monoisotopic (exact) mass is 400 g/mol. The molecule has 0 bridgehead atoms. The van der Waals surface area contributed by atoms with Gasteiger partial charge in [0.25, 0.3) is 0 Å². The lowest BCUT2D eigenvalue weighted by Crippen LogP contribution is -2.25. The summed E-state index contributed by atoms with van der Waals surface area (Å²) in [6, 6.07) is 8.51. The largest absolute Gasteiger partial charge is 0.477 e. The molecule has 1 aromatic carbocycles. The average Bonchev–Trinajstić information content (AvgIpc) is 3.05. The first kappa shape index (κ1) is 22.4. The van der Waals surface area contributed by atoms with E-state index in [9.17, 15) is 15.0 Å². The van der Waals surface area contributed by atoms with Gasteiger partial charge in [0.1, 0.15) is 4.88 Å². The summed E-state index contributed by atoms with van der Waals surface area (Å²) in [6.45, 7) is 12.1. The number of carbonyl (C=O) groups is 1. The molecule has 0 radical (unpaired) electrons. The van der Waals surface area contributed by atoms with E-state index in [1.54, 1.807) is 0 Å². The molecule has 4 heteroatoms. The van der Waals surface area contributed by atoms with Crippen molar-refractivity contribution in [3.8, 4) is 0 Å². The van der Waals surface area contributed by atoms with Crippen LogP contribution >= 0.6 is 11.3 Å². The van der Waals surface area contributed by atoms with Gasteiger partial charge in [-0.2, -0.15) is 0 Å².